The molecule has 0 aliphatic rings. The van der Waals surface area contributed by atoms with Crippen molar-refractivity contribution in [2.24, 2.45) is 17.2 Å². The Morgan fingerprint density at radius 2 is 1.18 bits per heavy atom. The standard InChI is InChI=1S/C41H61N11O16/c1-19(46-35(61)23(43)10-12-31(56)57)34(60)47-25(11-13-32(58)59)36(62)49-27(15-21-17-45-24-8-4-3-7-22(21)24)37(63)51-29(18-53)39(65)52-33(20(2)54)40(66)50-28(16-30(44)55)38(64)48-26(41(67)68)9-5-6-14-42/h3-4,7-8,17,19-20,23,25-29,33,45,53-54H,5-6,9-16,18,42-43H2,1-2H3,(H2,44,55)(H,46,61)(H,47,60)(H,48,64)(H,49,62)(H,50,66)(H,51,63)(H,52,65)(H,56,57)(H,58,59)(H,67,68). The van der Waals surface area contributed by atoms with Crippen LogP contribution in [0.3, 0.4) is 0 Å². The molecule has 0 aliphatic heterocycles. The van der Waals surface area contributed by atoms with Crippen molar-refractivity contribution in [1.82, 2.24) is 42.2 Å². The van der Waals surface area contributed by atoms with Crippen LogP contribution in [0.1, 0.15) is 70.8 Å². The second-order valence-corrected chi connectivity index (χ2v) is 15.8. The second kappa shape index (κ2) is 28.1. The van der Waals surface area contributed by atoms with Gasteiger partial charge in [0.25, 0.3) is 0 Å². The van der Waals surface area contributed by atoms with Crippen LogP contribution in [0.15, 0.2) is 30.5 Å². The number of aliphatic carboxylic acids is 3. The number of hydrogen-bond acceptors (Lipinski definition) is 15. The molecular formula is C41H61N11O16. The first kappa shape index (κ1) is 56.9. The first-order chi connectivity index (χ1) is 32.0. The summed E-state index contributed by atoms with van der Waals surface area (Å²) in [5, 5.41) is 65.0. The van der Waals surface area contributed by atoms with E-state index in [1.165, 1.54) is 13.1 Å². The van der Waals surface area contributed by atoms with E-state index in [0.717, 1.165) is 6.92 Å². The Hall–Kier alpha value is -7.23. The average Bonchev–Trinajstić information content (AvgIpc) is 3.68. The molecule has 19 N–H and O–H groups in total. The number of aliphatic hydroxyl groups excluding tert-OH is 2. The molecule has 0 saturated heterocycles. The van der Waals surface area contributed by atoms with Gasteiger partial charge in [-0.2, -0.15) is 0 Å². The van der Waals surface area contributed by atoms with E-state index in [1.54, 1.807) is 24.3 Å². The number of aromatic amines is 1. The van der Waals surface area contributed by atoms with Crippen molar-refractivity contribution in [3.8, 4) is 0 Å². The summed E-state index contributed by atoms with van der Waals surface area (Å²) in [5.74, 6) is -12.9. The molecule has 9 unspecified atom stereocenters. The zero-order valence-electron chi connectivity index (χ0n) is 37.3. The minimum Gasteiger partial charge on any atom is -0.481 e. The Morgan fingerprint density at radius 3 is 1.76 bits per heavy atom. The molecule has 2 rings (SSSR count). The van der Waals surface area contributed by atoms with Crippen molar-refractivity contribution in [2.75, 3.05) is 13.2 Å². The number of amides is 8. The monoisotopic (exact) mass is 963 g/mol. The minimum atomic E-state index is -1.94. The van der Waals surface area contributed by atoms with E-state index in [1.807, 2.05) is 0 Å². The smallest absolute Gasteiger partial charge is 0.326 e. The number of nitrogens with two attached hydrogens (primary N) is 3. The number of fused-ring (bicyclic) bond motifs is 1. The molecule has 0 saturated carbocycles. The Kier molecular flexibility index (Phi) is 23.5. The molecule has 0 fully saturated rings. The lowest BCUT2D eigenvalue weighted by Crippen LogP contribution is -2.62. The van der Waals surface area contributed by atoms with Crippen molar-refractivity contribution in [3.05, 3.63) is 36.0 Å². The summed E-state index contributed by atoms with van der Waals surface area (Å²) < 4.78 is 0. The van der Waals surface area contributed by atoms with Crippen LogP contribution in [0.5, 0.6) is 0 Å². The highest BCUT2D eigenvalue weighted by atomic mass is 16.4. The van der Waals surface area contributed by atoms with E-state index in [0.29, 0.717) is 29.3 Å². The molecule has 2 aromatic rings. The molecule has 27 heteroatoms. The van der Waals surface area contributed by atoms with Crippen LogP contribution in [-0.4, -0.2) is 163 Å². The van der Waals surface area contributed by atoms with Crippen LogP contribution in [0, 0.1) is 0 Å². The van der Waals surface area contributed by atoms with Crippen molar-refractivity contribution >= 4 is 76.1 Å². The van der Waals surface area contributed by atoms with Gasteiger partial charge in [-0.15, -0.1) is 0 Å². The fourth-order valence-corrected chi connectivity index (χ4v) is 6.45. The number of benzene rings is 1. The lowest BCUT2D eigenvalue weighted by Gasteiger charge is -2.28. The average molecular weight is 964 g/mol. The number of primary amides is 1. The normalized spacial score (nSPS) is 15.0. The topological polar surface area (TPSA) is 467 Å². The lowest BCUT2D eigenvalue weighted by molar-refractivity contribution is -0.143. The Bertz CT molecular complexity index is 2130. The number of para-hydroxylation sites is 1. The highest BCUT2D eigenvalue weighted by molar-refractivity contribution is 5.99. The summed E-state index contributed by atoms with van der Waals surface area (Å²) in [5.41, 5.74) is 17.5. The summed E-state index contributed by atoms with van der Waals surface area (Å²) in [6.45, 7) is 1.36. The van der Waals surface area contributed by atoms with E-state index in [2.05, 4.69) is 42.2 Å². The molecule has 1 heterocycles. The molecule has 27 nitrogen and oxygen atoms in total. The number of rotatable bonds is 31. The summed E-state index contributed by atoms with van der Waals surface area (Å²) >= 11 is 0. The Labute approximate surface area is 388 Å². The van der Waals surface area contributed by atoms with Gasteiger partial charge in [-0.1, -0.05) is 18.2 Å². The van der Waals surface area contributed by atoms with Crippen LogP contribution >= 0.6 is 0 Å². The van der Waals surface area contributed by atoms with E-state index < -0.39 is 152 Å². The molecule has 0 aliphatic carbocycles. The zero-order valence-corrected chi connectivity index (χ0v) is 37.3. The largest absolute Gasteiger partial charge is 0.481 e. The zero-order chi connectivity index (χ0) is 51.2. The number of H-pyrrole nitrogens is 1. The van der Waals surface area contributed by atoms with Gasteiger partial charge in [0.05, 0.1) is 25.2 Å². The molecule has 1 aromatic carbocycles. The van der Waals surface area contributed by atoms with Crippen molar-refractivity contribution < 1.29 is 78.3 Å². The van der Waals surface area contributed by atoms with E-state index in [-0.39, 0.29) is 25.8 Å². The number of hydrogen-bond donors (Lipinski definition) is 16. The van der Waals surface area contributed by atoms with Gasteiger partial charge in [0.2, 0.25) is 47.3 Å². The third-order valence-electron chi connectivity index (χ3n) is 10.2. The molecule has 0 radical (unpaired) electrons. The molecular weight excluding hydrogens is 903 g/mol. The van der Waals surface area contributed by atoms with Crippen LogP contribution in [0.2, 0.25) is 0 Å². The Morgan fingerprint density at radius 1 is 0.632 bits per heavy atom. The van der Waals surface area contributed by atoms with E-state index in [9.17, 15) is 73.2 Å². The van der Waals surface area contributed by atoms with Crippen molar-refractivity contribution in [3.63, 3.8) is 0 Å². The summed E-state index contributed by atoms with van der Waals surface area (Å²) in [6, 6.07) is -6.30. The molecule has 0 bridgehead atoms. The fourth-order valence-electron chi connectivity index (χ4n) is 6.45. The maximum atomic E-state index is 14.0. The predicted molar refractivity (Wildman–Crippen MR) is 236 cm³/mol. The van der Waals surface area contributed by atoms with E-state index in [4.69, 9.17) is 22.3 Å². The first-order valence-corrected chi connectivity index (χ1v) is 21.4. The number of carbonyl (C=O) groups excluding carboxylic acids is 8. The number of carboxylic acids is 3. The van der Waals surface area contributed by atoms with Gasteiger partial charge in [-0.25, -0.2) is 4.79 Å². The van der Waals surface area contributed by atoms with Crippen LogP contribution < -0.4 is 54.4 Å². The highest BCUT2D eigenvalue weighted by Gasteiger charge is 2.36. The molecule has 8 amide bonds. The summed E-state index contributed by atoms with van der Waals surface area (Å²) in [6.07, 6.45) is -2.62. The molecule has 9 atom stereocenters. The molecule has 1 aromatic heterocycles. The van der Waals surface area contributed by atoms with Crippen LogP contribution in [0.4, 0.5) is 0 Å². The van der Waals surface area contributed by atoms with Gasteiger partial charge >= 0.3 is 17.9 Å². The third-order valence-corrected chi connectivity index (χ3v) is 10.2. The number of carbonyl (C=O) groups is 11. The SMILES string of the molecule is CC(NC(=O)C(N)CCC(=O)O)C(=O)NC(CCC(=O)O)C(=O)NC(Cc1c[nH]c2ccccc12)C(=O)NC(CO)C(=O)NC(C(=O)NC(CC(N)=O)C(=O)NC(CCCCN)C(=O)O)C(C)O. The molecule has 376 valence electrons. The first-order valence-electron chi connectivity index (χ1n) is 21.4. The van der Waals surface area contributed by atoms with Crippen LogP contribution in [-0.2, 0) is 59.2 Å². The van der Waals surface area contributed by atoms with Gasteiger partial charge in [-0.05, 0) is 64.1 Å². The minimum absolute atomic E-state index is 0.0552. The van der Waals surface area contributed by atoms with Crippen molar-refractivity contribution in [1.29, 1.82) is 0 Å². The lowest BCUT2D eigenvalue weighted by atomic mass is 10.0. The van der Waals surface area contributed by atoms with Gasteiger partial charge in [0, 0.05) is 36.4 Å². The highest BCUT2D eigenvalue weighted by Crippen LogP contribution is 2.19. The fraction of sp³-hybridized carbons (Fsp3) is 0.537. The number of aliphatic hydroxyl groups is 2. The van der Waals surface area contributed by atoms with Gasteiger partial charge in [0.15, 0.2) is 0 Å². The van der Waals surface area contributed by atoms with E-state index >= 15 is 0 Å². The number of aromatic nitrogens is 1. The van der Waals surface area contributed by atoms with Gasteiger partial charge < -0.3 is 84.9 Å². The summed E-state index contributed by atoms with van der Waals surface area (Å²) in [7, 11) is 0. The maximum absolute atomic E-state index is 14.0. The van der Waals surface area contributed by atoms with Crippen LogP contribution in [0.25, 0.3) is 10.9 Å². The number of nitrogens with one attached hydrogen (secondary N) is 8. The summed E-state index contributed by atoms with van der Waals surface area (Å²) in [4.78, 5) is 143. The third kappa shape index (κ3) is 18.9. The van der Waals surface area contributed by atoms with Gasteiger partial charge in [-0.3, -0.25) is 47.9 Å². The second-order valence-electron chi connectivity index (χ2n) is 15.8. The van der Waals surface area contributed by atoms with Gasteiger partial charge in [0.1, 0.15) is 42.3 Å². The number of unbranched alkanes of at least 4 members (excludes halogenated alkanes) is 1. The number of carboxylic acid groups (broad SMARTS) is 3. The molecule has 0 spiro atoms. The molecule has 68 heavy (non-hydrogen) atoms. The predicted octanol–water partition coefficient (Wildman–Crippen LogP) is -5.36. The quantitative estimate of drug-likeness (QED) is 0.0314. The van der Waals surface area contributed by atoms with Crippen molar-refractivity contribution in [2.45, 2.75) is 126 Å². The Balaban J connectivity index is 2.38. The maximum Gasteiger partial charge on any atom is 0.326 e.